The van der Waals surface area contributed by atoms with E-state index in [1.54, 1.807) is 19.1 Å². The van der Waals surface area contributed by atoms with Crippen molar-refractivity contribution in [2.75, 3.05) is 0 Å². The molecule has 1 saturated carbocycles. The maximum atomic E-state index is 12.3. The summed E-state index contributed by atoms with van der Waals surface area (Å²) >= 11 is 0. The topological polar surface area (TPSA) is 89.3 Å². The van der Waals surface area contributed by atoms with E-state index in [0.717, 1.165) is 12.8 Å². The van der Waals surface area contributed by atoms with E-state index in [9.17, 15) is 13.2 Å². The third-order valence-corrected chi connectivity index (χ3v) is 5.28. The fourth-order valence-corrected chi connectivity index (χ4v) is 3.72. The van der Waals surface area contributed by atoms with Gasteiger partial charge in [0, 0.05) is 11.6 Å². The second-order valence-electron chi connectivity index (χ2n) is 5.83. The first kappa shape index (κ1) is 16.0. The van der Waals surface area contributed by atoms with E-state index in [2.05, 4.69) is 5.32 Å². The molecule has 0 radical (unpaired) electrons. The van der Waals surface area contributed by atoms with E-state index in [1.807, 2.05) is 6.92 Å². The van der Waals surface area contributed by atoms with Crippen molar-refractivity contribution in [3.05, 3.63) is 29.3 Å². The van der Waals surface area contributed by atoms with Gasteiger partial charge in [-0.25, -0.2) is 13.6 Å². The van der Waals surface area contributed by atoms with Crippen LogP contribution in [0.5, 0.6) is 0 Å². The molecule has 0 aliphatic heterocycles. The fraction of sp³-hybridized carbons (Fsp3) is 0.533. The molecule has 1 aromatic carbocycles. The van der Waals surface area contributed by atoms with Crippen LogP contribution in [0.2, 0.25) is 0 Å². The highest BCUT2D eigenvalue weighted by Gasteiger charge is 2.23. The number of hydrogen-bond acceptors (Lipinski definition) is 3. The lowest BCUT2D eigenvalue weighted by Gasteiger charge is -2.20. The molecule has 1 aliphatic rings. The Hall–Kier alpha value is -1.40. The molecule has 1 atom stereocenters. The zero-order valence-corrected chi connectivity index (χ0v) is 13.2. The molecule has 0 aromatic heterocycles. The maximum Gasteiger partial charge on any atom is 0.251 e. The van der Waals surface area contributed by atoms with E-state index in [4.69, 9.17) is 5.14 Å². The second kappa shape index (κ2) is 6.15. The second-order valence-corrected chi connectivity index (χ2v) is 7.36. The van der Waals surface area contributed by atoms with Crippen LogP contribution in [0.1, 0.15) is 48.5 Å². The zero-order valence-electron chi connectivity index (χ0n) is 12.4. The van der Waals surface area contributed by atoms with Crippen molar-refractivity contribution in [2.24, 2.45) is 11.1 Å². The lowest BCUT2D eigenvalue weighted by molar-refractivity contribution is 0.0927. The predicted octanol–water partition coefficient (Wildman–Crippen LogP) is 1.95. The highest BCUT2D eigenvalue weighted by molar-refractivity contribution is 7.89. The number of hydrogen-bond donors (Lipinski definition) is 2. The van der Waals surface area contributed by atoms with Gasteiger partial charge in [-0.1, -0.05) is 18.9 Å². The van der Waals surface area contributed by atoms with Crippen LogP contribution in [-0.2, 0) is 10.0 Å². The van der Waals surface area contributed by atoms with Gasteiger partial charge in [0.2, 0.25) is 10.0 Å². The quantitative estimate of drug-likeness (QED) is 0.890. The summed E-state index contributed by atoms with van der Waals surface area (Å²) < 4.78 is 23.0. The normalized spacial score (nSPS) is 17.7. The molecule has 1 unspecified atom stereocenters. The molecule has 3 N–H and O–H groups in total. The summed E-state index contributed by atoms with van der Waals surface area (Å²) in [7, 11) is -3.81. The Labute approximate surface area is 126 Å². The van der Waals surface area contributed by atoms with E-state index < -0.39 is 10.0 Å². The van der Waals surface area contributed by atoms with Crippen LogP contribution in [-0.4, -0.2) is 20.4 Å². The first-order chi connectivity index (χ1) is 9.79. The van der Waals surface area contributed by atoms with Gasteiger partial charge in [0.1, 0.15) is 0 Å². The van der Waals surface area contributed by atoms with E-state index in [-0.39, 0.29) is 16.8 Å². The average molecular weight is 310 g/mol. The third-order valence-electron chi connectivity index (χ3n) is 4.22. The molecular formula is C15H22N2O3S. The molecule has 0 saturated heterocycles. The molecule has 1 aliphatic carbocycles. The minimum Gasteiger partial charge on any atom is -0.349 e. The largest absolute Gasteiger partial charge is 0.349 e. The van der Waals surface area contributed by atoms with Gasteiger partial charge in [-0.15, -0.1) is 0 Å². The van der Waals surface area contributed by atoms with Crippen molar-refractivity contribution in [3.8, 4) is 0 Å². The number of sulfonamides is 1. The number of aryl methyl sites for hydroxylation is 1. The molecule has 1 fully saturated rings. The molecule has 0 spiro atoms. The summed E-state index contributed by atoms with van der Waals surface area (Å²) in [5, 5.41) is 8.13. The number of nitrogens with two attached hydrogens (primary N) is 1. The highest BCUT2D eigenvalue weighted by atomic mass is 32.2. The lowest BCUT2D eigenvalue weighted by atomic mass is 9.99. The van der Waals surface area contributed by atoms with Crippen LogP contribution < -0.4 is 10.5 Å². The van der Waals surface area contributed by atoms with Crippen molar-refractivity contribution in [3.63, 3.8) is 0 Å². The van der Waals surface area contributed by atoms with Gasteiger partial charge in [0.25, 0.3) is 5.91 Å². The van der Waals surface area contributed by atoms with Crippen LogP contribution in [0.3, 0.4) is 0 Å². The number of primary sulfonamides is 1. The van der Waals surface area contributed by atoms with Gasteiger partial charge < -0.3 is 5.32 Å². The number of benzene rings is 1. The van der Waals surface area contributed by atoms with E-state index in [0.29, 0.717) is 17.0 Å². The monoisotopic (exact) mass is 310 g/mol. The number of carbonyl (C=O) groups is 1. The molecular weight excluding hydrogens is 288 g/mol. The van der Waals surface area contributed by atoms with E-state index in [1.165, 1.54) is 18.9 Å². The molecule has 0 heterocycles. The van der Waals surface area contributed by atoms with Crippen molar-refractivity contribution in [1.29, 1.82) is 0 Å². The molecule has 1 aromatic rings. The molecule has 1 amide bonds. The molecule has 21 heavy (non-hydrogen) atoms. The lowest BCUT2D eigenvalue weighted by Crippen LogP contribution is -2.37. The summed E-state index contributed by atoms with van der Waals surface area (Å²) in [6.45, 7) is 3.66. The Morgan fingerprint density at radius 2 is 1.95 bits per heavy atom. The maximum absolute atomic E-state index is 12.3. The van der Waals surface area contributed by atoms with Gasteiger partial charge in [0.15, 0.2) is 0 Å². The molecule has 0 bridgehead atoms. The molecule has 2 rings (SSSR count). The van der Waals surface area contributed by atoms with Gasteiger partial charge in [-0.05, 0) is 50.3 Å². The number of nitrogens with one attached hydrogen (secondary N) is 1. The standard InChI is InChI=1S/C15H22N2O3S/c1-10-7-8-13(9-14(10)21(16,19)20)15(18)17-11(2)12-5-3-4-6-12/h7-9,11-12H,3-6H2,1-2H3,(H,17,18)(H2,16,19,20). The van der Waals surface area contributed by atoms with Gasteiger partial charge in [-0.3, -0.25) is 4.79 Å². The van der Waals surface area contributed by atoms with Crippen LogP contribution in [0.15, 0.2) is 23.1 Å². The SMILES string of the molecule is Cc1ccc(C(=O)NC(C)C2CCCC2)cc1S(N)(=O)=O. The minimum absolute atomic E-state index is 0.00340. The number of amides is 1. The summed E-state index contributed by atoms with van der Waals surface area (Å²) in [6.07, 6.45) is 4.70. The molecule has 6 heteroatoms. The van der Waals surface area contributed by atoms with Gasteiger partial charge >= 0.3 is 0 Å². The Morgan fingerprint density at radius 3 is 2.52 bits per heavy atom. The molecule has 5 nitrogen and oxygen atoms in total. The highest BCUT2D eigenvalue weighted by Crippen LogP contribution is 2.27. The summed E-state index contributed by atoms with van der Waals surface area (Å²) in [4.78, 5) is 12.3. The van der Waals surface area contributed by atoms with Crippen LogP contribution in [0.4, 0.5) is 0 Å². The zero-order chi connectivity index (χ0) is 15.6. The number of carbonyl (C=O) groups excluding carboxylic acids is 1. The Kier molecular flexibility index (Phi) is 4.68. The smallest absolute Gasteiger partial charge is 0.251 e. The van der Waals surface area contributed by atoms with Crippen molar-refractivity contribution < 1.29 is 13.2 Å². The van der Waals surface area contributed by atoms with Crippen LogP contribution in [0.25, 0.3) is 0 Å². The van der Waals surface area contributed by atoms with Crippen LogP contribution in [0, 0.1) is 12.8 Å². The summed E-state index contributed by atoms with van der Waals surface area (Å²) in [5.41, 5.74) is 0.868. The Bertz CT molecular complexity index is 634. The van der Waals surface area contributed by atoms with Crippen LogP contribution >= 0.6 is 0 Å². The van der Waals surface area contributed by atoms with Crippen molar-refractivity contribution in [1.82, 2.24) is 5.32 Å². The third kappa shape index (κ3) is 3.83. The number of rotatable bonds is 4. The molecule has 116 valence electrons. The van der Waals surface area contributed by atoms with Crippen molar-refractivity contribution in [2.45, 2.75) is 50.5 Å². The van der Waals surface area contributed by atoms with Crippen molar-refractivity contribution >= 4 is 15.9 Å². The summed E-state index contributed by atoms with van der Waals surface area (Å²) in [5.74, 6) is 0.261. The fourth-order valence-electron chi connectivity index (χ4n) is 2.91. The first-order valence-corrected chi connectivity index (χ1v) is 8.78. The summed E-state index contributed by atoms with van der Waals surface area (Å²) in [6, 6.07) is 4.68. The Morgan fingerprint density at radius 1 is 1.33 bits per heavy atom. The van der Waals surface area contributed by atoms with E-state index >= 15 is 0 Å². The average Bonchev–Trinajstić information content (AvgIpc) is 2.91. The predicted molar refractivity (Wildman–Crippen MR) is 81.4 cm³/mol. The minimum atomic E-state index is -3.81. The van der Waals surface area contributed by atoms with Gasteiger partial charge in [-0.2, -0.15) is 0 Å². The Balaban J connectivity index is 2.16. The first-order valence-electron chi connectivity index (χ1n) is 7.23. The van der Waals surface area contributed by atoms with Gasteiger partial charge in [0.05, 0.1) is 4.90 Å².